The molecule has 102 valence electrons. The lowest BCUT2D eigenvalue weighted by Crippen LogP contribution is -2.27. The standard InChI is InChI=1S/C16H13Cl2NO/c17-12-4-6-14(7-5-12)19-15(20)16(8-9-16)11-2-1-3-13(18)10-11/h1-7,10H,8-9H2,(H,19,20). The van der Waals surface area contributed by atoms with Crippen molar-refractivity contribution in [3.63, 3.8) is 0 Å². The molecule has 3 rings (SSSR count). The zero-order valence-corrected chi connectivity index (χ0v) is 12.2. The van der Waals surface area contributed by atoms with E-state index >= 15 is 0 Å². The van der Waals surface area contributed by atoms with E-state index in [0.29, 0.717) is 10.0 Å². The maximum absolute atomic E-state index is 12.5. The molecule has 1 saturated carbocycles. The predicted octanol–water partition coefficient (Wildman–Crippen LogP) is 4.66. The average molecular weight is 306 g/mol. The Hall–Kier alpha value is -1.51. The van der Waals surface area contributed by atoms with E-state index in [1.54, 1.807) is 24.3 Å². The molecule has 1 aliphatic rings. The monoisotopic (exact) mass is 305 g/mol. The van der Waals surface area contributed by atoms with E-state index in [2.05, 4.69) is 5.32 Å². The van der Waals surface area contributed by atoms with Gasteiger partial charge in [-0.1, -0.05) is 35.3 Å². The Balaban J connectivity index is 1.81. The zero-order chi connectivity index (χ0) is 14.2. The van der Waals surface area contributed by atoms with Gasteiger partial charge in [-0.2, -0.15) is 0 Å². The highest BCUT2D eigenvalue weighted by molar-refractivity contribution is 6.31. The number of hydrogen-bond donors (Lipinski definition) is 1. The molecule has 1 aliphatic carbocycles. The summed E-state index contributed by atoms with van der Waals surface area (Å²) >= 11 is 11.9. The van der Waals surface area contributed by atoms with Crippen LogP contribution in [-0.4, -0.2) is 5.91 Å². The maximum atomic E-state index is 12.5. The third-order valence-corrected chi connectivity index (χ3v) is 4.15. The Kier molecular flexibility index (Phi) is 3.45. The lowest BCUT2D eigenvalue weighted by atomic mass is 9.95. The van der Waals surface area contributed by atoms with Gasteiger partial charge in [-0.15, -0.1) is 0 Å². The number of amides is 1. The highest BCUT2D eigenvalue weighted by Crippen LogP contribution is 2.49. The minimum atomic E-state index is -0.426. The van der Waals surface area contributed by atoms with E-state index in [1.807, 2.05) is 24.3 Å². The summed E-state index contributed by atoms with van der Waals surface area (Å²) in [6.45, 7) is 0. The van der Waals surface area contributed by atoms with Crippen molar-refractivity contribution in [3.8, 4) is 0 Å². The van der Waals surface area contributed by atoms with E-state index < -0.39 is 5.41 Å². The number of rotatable bonds is 3. The summed E-state index contributed by atoms with van der Waals surface area (Å²) in [7, 11) is 0. The first kappa shape index (κ1) is 13.5. The summed E-state index contributed by atoms with van der Waals surface area (Å²) < 4.78 is 0. The Morgan fingerprint density at radius 1 is 1.00 bits per heavy atom. The molecule has 0 aromatic heterocycles. The van der Waals surface area contributed by atoms with Gasteiger partial charge in [0.2, 0.25) is 5.91 Å². The first-order valence-electron chi connectivity index (χ1n) is 6.43. The smallest absolute Gasteiger partial charge is 0.235 e. The minimum absolute atomic E-state index is 0.0158. The van der Waals surface area contributed by atoms with Gasteiger partial charge >= 0.3 is 0 Å². The Morgan fingerprint density at radius 2 is 1.70 bits per heavy atom. The third kappa shape index (κ3) is 2.54. The number of anilines is 1. The summed E-state index contributed by atoms with van der Waals surface area (Å²) in [6.07, 6.45) is 1.71. The van der Waals surface area contributed by atoms with Gasteiger partial charge in [0.15, 0.2) is 0 Å². The number of benzene rings is 2. The van der Waals surface area contributed by atoms with Crippen molar-refractivity contribution in [1.29, 1.82) is 0 Å². The lowest BCUT2D eigenvalue weighted by Gasteiger charge is -2.16. The number of hydrogen-bond acceptors (Lipinski definition) is 1. The molecule has 0 saturated heterocycles. The molecule has 0 unspecified atom stereocenters. The van der Waals surface area contributed by atoms with Gasteiger partial charge in [0.05, 0.1) is 5.41 Å². The van der Waals surface area contributed by atoms with Crippen LogP contribution in [0.2, 0.25) is 10.0 Å². The fourth-order valence-electron chi connectivity index (χ4n) is 2.34. The molecule has 2 nitrogen and oxygen atoms in total. The van der Waals surface area contributed by atoms with Crippen LogP contribution in [0.5, 0.6) is 0 Å². The van der Waals surface area contributed by atoms with Crippen LogP contribution in [0.15, 0.2) is 48.5 Å². The quantitative estimate of drug-likeness (QED) is 0.877. The molecule has 0 radical (unpaired) electrons. The summed E-state index contributed by atoms with van der Waals surface area (Å²) in [4.78, 5) is 12.5. The Bertz CT molecular complexity index is 648. The third-order valence-electron chi connectivity index (χ3n) is 3.66. The SMILES string of the molecule is O=C(Nc1ccc(Cl)cc1)C1(c2cccc(Cl)c2)CC1. The maximum Gasteiger partial charge on any atom is 0.235 e. The van der Waals surface area contributed by atoms with Crippen molar-refractivity contribution in [1.82, 2.24) is 0 Å². The molecule has 4 heteroatoms. The molecule has 1 fully saturated rings. The summed E-state index contributed by atoms with van der Waals surface area (Å²) in [5.41, 5.74) is 1.31. The molecular formula is C16H13Cl2NO. The van der Waals surface area contributed by atoms with Crippen LogP contribution in [0.4, 0.5) is 5.69 Å². The van der Waals surface area contributed by atoms with Crippen molar-refractivity contribution in [2.24, 2.45) is 0 Å². The van der Waals surface area contributed by atoms with Gasteiger partial charge in [0.25, 0.3) is 0 Å². The van der Waals surface area contributed by atoms with E-state index in [1.165, 1.54) is 0 Å². The van der Waals surface area contributed by atoms with E-state index in [-0.39, 0.29) is 5.91 Å². The van der Waals surface area contributed by atoms with Gasteiger partial charge in [0.1, 0.15) is 0 Å². The van der Waals surface area contributed by atoms with Crippen molar-refractivity contribution in [3.05, 3.63) is 64.1 Å². The van der Waals surface area contributed by atoms with Gasteiger partial charge < -0.3 is 5.32 Å². The lowest BCUT2D eigenvalue weighted by molar-refractivity contribution is -0.118. The molecule has 2 aromatic carbocycles. The van der Waals surface area contributed by atoms with E-state index in [4.69, 9.17) is 23.2 Å². The van der Waals surface area contributed by atoms with Gasteiger partial charge in [0, 0.05) is 15.7 Å². The van der Waals surface area contributed by atoms with Crippen molar-refractivity contribution >= 4 is 34.8 Å². The molecular weight excluding hydrogens is 293 g/mol. The fraction of sp³-hybridized carbons (Fsp3) is 0.188. The topological polar surface area (TPSA) is 29.1 Å². The molecule has 1 amide bonds. The Labute approximate surface area is 127 Å². The predicted molar refractivity (Wildman–Crippen MR) is 82.4 cm³/mol. The van der Waals surface area contributed by atoms with Crippen LogP contribution in [0.1, 0.15) is 18.4 Å². The van der Waals surface area contributed by atoms with Crippen LogP contribution in [0.25, 0.3) is 0 Å². The largest absolute Gasteiger partial charge is 0.325 e. The first-order chi connectivity index (χ1) is 9.60. The Morgan fingerprint density at radius 3 is 2.30 bits per heavy atom. The van der Waals surface area contributed by atoms with E-state index in [9.17, 15) is 4.79 Å². The van der Waals surface area contributed by atoms with Gasteiger partial charge in [-0.05, 0) is 54.8 Å². The van der Waals surface area contributed by atoms with E-state index in [0.717, 1.165) is 24.1 Å². The second-order valence-corrected chi connectivity index (χ2v) is 5.93. The van der Waals surface area contributed by atoms with Gasteiger partial charge in [-0.3, -0.25) is 4.79 Å². The molecule has 0 atom stereocenters. The average Bonchev–Trinajstić information content (AvgIpc) is 3.23. The second-order valence-electron chi connectivity index (χ2n) is 5.05. The summed E-state index contributed by atoms with van der Waals surface area (Å²) in [6, 6.07) is 14.6. The first-order valence-corrected chi connectivity index (χ1v) is 7.19. The fourth-order valence-corrected chi connectivity index (χ4v) is 2.66. The normalized spacial score (nSPS) is 15.7. The van der Waals surface area contributed by atoms with Crippen LogP contribution >= 0.6 is 23.2 Å². The second kappa shape index (κ2) is 5.12. The highest BCUT2D eigenvalue weighted by Gasteiger charge is 2.51. The molecule has 0 bridgehead atoms. The molecule has 2 aromatic rings. The number of halogens is 2. The number of carbonyl (C=O) groups excluding carboxylic acids is 1. The van der Waals surface area contributed by atoms with Crippen LogP contribution < -0.4 is 5.32 Å². The van der Waals surface area contributed by atoms with Crippen LogP contribution in [0.3, 0.4) is 0 Å². The zero-order valence-electron chi connectivity index (χ0n) is 10.7. The summed E-state index contributed by atoms with van der Waals surface area (Å²) in [5, 5.41) is 4.26. The van der Waals surface area contributed by atoms with Crippen LogP contribution in [-0.2, 0) is 10.2 Å². The van der Waals surface area contributed by atoms with Crippen molar-refractivity contribution < 1.29 is 4.79 Å². The number of nitrogens with one attached hydrogen (secondary N) is 1. The molecule has 1 N–H and O–H groups in total. The van der Waals surface area contributed by atoms with Crippen LogP contribution in [0, 0.1) is 0 Å². The molecule has 0 heterocycles. The molecule has 0 spiro atoms. The minimum Gasteiger partial charge on any atom is -0.325 e. The van der Waals surface area contributed by atoms with Crippen molar-refractivity contribution in [2.75, 3.05) is 5.32 Å². The van der Waals surface area contributed by atoms with Crippen molar-refractivity contribution in [2.45, 2.75) is 18.3 Å². The molecule has 20 heavy (non-hydrogen) atoms. The highest BCUT2D eigenvalue weighted by atomic mass is 35.5. The summed E-state index contributed by atoms with van der Waals surface area (Å²) in [5.74, 6) is 0.0158. The number of carbonyl (C=O) groups is 1. The van der Waals surface area contributed by atoms with Gasteiger partial charge in [-0.25, -0.2) is 0 Å². The molecule has 0 aliphatic heterocycles.